The Morgan fingerprint density at radius 2 is 1.76 bits per heavy atom. The zero-order valence-electron chi connectivity index (χ0n) is 29.1. The quantitative estimate of drug-likeness (QED) is 0.218. The SMILES string of the molecule is CO[C@@H]1C[C@H](O[C@H]2CC[C@@]3(C)C(=CC[C@H]4[C@H]5[C@](OC)(C[C@H]6[C@H](C)OC(=O)[C@]65C)OC(=O)[C@@H]43)C2)O[C@H](C)[C@@H]1O[C@@H]1O[C@H](CO)[C@@H](O)[C@H](O)[C@H]1O. The first kappa shape index (κ1) is 35.7. The number of methoxy groups -OCH3 is 2. The summed E-state index contributed by atoms with van der Waals surface area (Å²) in [4.78, 5) is 27.3. The number of carbonyl (C=O) groups excluding carboxylic acids is 2. The van der Waals surface area contributed by atoms with Gasteiger partial charge in [-0.1, -0.05) is 18.6 Å². The predicted molar refractivity (Wildman–Crippen MR) is 166 cm³/mol. The minimum atomic E-state index is -1.56. The van der Waals surface area contributed by atoms with E-state index >= 15 is 0 Å². The Morgan fingerprint density at radius 3 is 2.45 bits per heavy atom. The van der Waals surface area contributed by atoms with Crippen LogP contribution in [0.15, 0.2) is 11.6 Å². The highest BCUT2D eigenvalue weighted by molar-refractivity contribution is 5.83. The molecule has 0 aromatic rings. The summed E-state index contributed by atoms with van der Waals surface area (Å²) < 4.78 is 48.2. The highest BCUT2D eigenvalue weighted by Crippen LogP contribution is 2.69. The molecule has 7 rings (SSSR count). The summed E-state index contributed by atoms with van der Waals surface area (Å²) in [6, 6.07) is 0. The van der Waals surface area contributed by atoms with Gasteiger partial charge in [0.1, 0.15) is 36.6 Å². The number of esters is 2. The second-order valence-electron chi connectivity index (χ2n) is 15.7. The third-order valence-electron chi connectivity index (χ3n) is 13.3. The van der Waals surface area contributed by atoms with E-state index in [9.17, 15) is 30.0 Å². The standard InChI is InChI=1S/C35H52O14/c1-15-20-13-35(43-6)29(34(20,4)32(41)45-15)19-8-7-17-11-18(9-10-33(17,3)24(19)30(40)49-35)46-23-12-21(42-5)28(16(2)44-23)48-31-27(39)26(38)25(37)22(14-36)47-31/h7,15-16,18-29,31,36-39H,8-14H2,1-6H3/t15-,16+,18-,19+,20-,21+,22+,23-,24+,25+,26-,27+,28-,29+,31-,33-,34+,35-/m0/s1. The first-order chi connectivity index (χ1) is 23.2. The normalized spacial score (nSPS) is 53.8. The summed E-state index contributed by atoms with van der Waals surface area (Å²) in [5.74, 6) is -2.63. The lowest BCUT2D eigenvalue weighted by molar-refractivity contribution is -0.345. The summed E-state index contributed by atoms with van der Waals surface area (Å²) in [6.45, 7) is 7.25. The number of fused-ring (bicyclic) bond motifs is 7. The molecule has 276 valence electrons. The molecule has 7 aliphatic rings. The van der Waals surface area contributed by atoms with Gasteiger partial charge in [0, 0.05) is 44.3 Å². The second kappa shape index (κ2) is 12.7. The molecule has 4 aliphatic heterocycles. The van der Waals surface area contributed by atoms with E-state index < -0.39 is 84.4 Å². The first-order valence-electron chi connectivity index (χ1n) is 17.7. The Kier molecular flexibility index (Phi) is 9.28. The Hall–Kier alpha value is -1.72. The minimum Gasteiger partial charge on any atom is -0.462 e. The molecule has 0 radical (unpaired) electrons. The number of cyclic esters (lactones) is 1. The fourth-order valence-corrected chi connectivity index (χ4v) is 10.7. The molecular weight excluding hydrogens is 644 g/mol. The van der Waals surface area contributed by atoms with Crippen molar-refractivity contribution >= 4 is 11.9 Å². The Balaban J connectivity index is 1.04. The van der Waals surface area contributed by atoms with Gasteiger partial charge in [-0.2, -0.15) is 0 Å². The van der Waals surface area contributed by atoms with E-state index in [1.54, 1.807) is 21.1 Å². The van der Waals surface area contributed by atoms with Gasteiger partial charge < -0.3 is 58.3 Å². The number of hydrogen-bond acceptors (Lipinski definition) is 14. The zero-order valence-corrected chi connectivity index (χ0v) is 29.1. The van der Waals surface area contributed by atoms with E-state index in [0.29, 0.717) is 38.5 Å². The lowest BCUT2D eigenvalue weighted by Gasteiger charge is -2.57. The Bertz CT molecular complexity index is 1320. The van der Waals surface area contributed by atoms with Crippen LogP contribution in [0.3, 0.4) is 0 Å². The molecule has 4 heterocycles. The van der Waals surface area contributed by atoms with Crippen molar-refractivity contribution in [2.45, 2.75) is 140 Å². The number of hydrogen-bond donors (Lipinski definition) is 4. The van der Waals surface area contributed by atoms with E-state index in [4.69, 9.17) is 37.9 Å². The lowest BCUT2D eigenvalue weighted by Crippen LogP contribution is -2.62. The topological polar surface area (TPSA) is 189 Å². The van der Waals surface area contributed by atoms with Crippen LogP contribution in [0.1, 0.15) is 66.2 Å². The molecule has 0 unspecified atom stereocenters. The van der Waals surface area contributed by atoms with Crippen molar-refractivity contribution in [1.29, 1.82) is 0 Å². The highest BCUT2D eigenvalue weighted by atomic mass is 16.7. The van der Waals surface area contributed by atoms with Crippen LogP contribution in [-0.4, -0.2) is 126 Å². The molecule has 14 nitrogen and oxygen atoms in total. The summed E-state index contributed by atoms with van der Waals surface area (Å²) >= 11 is 0. The first-order valence-corrected chi connectivity index (χ1v) is 17.7. The number of ether oxygens (including phenoxy) is 8. The zero-order chi connectivity index (χ0) is 35.2. The van der Waals surface area contributed by atoms with Crippen LogP contribution in [0.5, 0.6) is 0 Å². The third kappa shape index (κ3) is 5.35. The summed E-state index contributed by atoms with van der Waals surface area (Å²) in [5.41, 5.74) is -0.134. The summed E-state index contributed by atoms with van der Waals surface area (Å²) in [7, 11) is 3.11. The highest BCUT2D eigenvalue weighted by Gasteiger charge is 2.77. The van der Waals surface area contributed by atoms with E-state index in [-0.39, 0.29) is 41.9 Å². The van der Waals surface area contributed by atoms with Gasteiger partial charge in [0.05, 0.1) is 36.3 Å². The number of carbonyl (C=O) groups is 2. The van der Waals surface area contributed by atoms with E-state index in [1.165, 1.54) is 0 Å². The van der Waals surface area contributed by atoms with E-state index in [2.05, 4.69) is 13.0 Å². The van der Waals surface area contributed by atoms with Crippen molar-refractivity contribution in [2.24, 2.45) is 34.5 Å². The fourth-order valence-electron chi connectivity index (χ4n) is 10.7. The van der Waals surface area contributed by atoms with Crippen LogP contribution < -0.4 is 0 Å². The number of aliphatic hydroxyl groups excluding tert-OH is 4. The maximum Gasteiger partial charge on any atom is 0.313 e. The van der Waals surface area contributed by atoms with Crippen molar-refractivity contribution < 1.29 is 67.9 Å². The molecular formula is C35H52O14. The predicted octanol–water partition coefficient (Wildman–Crippen LogP) is 0.947. The van der Waals surface area contributed by atoms with Crippen LogP contribution in [0.4, 0.5) is 0 Å². The molecule has 0 aromatic carbocycles. The van der Waals surface area contributed by atoms with Gasteiger partial charge in [0.2, 0.25) is 5.79 Å². The van der Waals surface area contributed by atoms with Crippen molar-refractivity contribution in [3.05, 3.63) is 11.6 Å². The van der Waals surface area contributed by atoms with Crippen molar-refractivity contribution in [3.63, 3.8) is 0 Å². The third-order valence-corrected chi connectivity index (χ3v) is 13.3. The molecule has 0 aromatic heterocycles. The van der Waals surface area contributed by atoms with E-state index in [0.717, 1.165) is 5.57 Å². The van der Waals surface area contributed by atoms with Crippen LogP contribution in [-0.2, 0) is 47.5 Å². The Morgan fingerprint density at radius 1 is 1.00 bits per heavy atom. The molecule has 3 aliphatic carbocycles. The molecule has 14 heteroatoms. The molecule has 0 bridgehead atoms. The summed E-state index contributed by atoms with van der Waals surface area (Å²) in [6.07, 6.45) is -4.25. The Labute approximate surface area is 286 Å². The summed E-state index contributed by atoms with van der Waals surface area (Å²) in [5, 5.41) is 40.4. The van der Waals surface area contributed by atoms with E-state index in [1.807, 2.05) is 13.8 Å². The van der Waals surface area contributed by atoms with Crippen molar-refractivity contribution in [1.82, 2.24) is 0 Å². The van der Waals surface area contributed by atoms with Crippen molar-refractivity contribution in [2.75, 3.05) is 20.8 Å². The van der Waals surface area contributed by atoms with Gasteiger partial charge in [-0.3, -0.25) is 9.59 Å². The van der Waals surface area contributed by atoms with Gasteiger partial charge in [-0.05, 0) is 52.4 Å². The van der Waals surface area contributed by atoms with Crippen LogP contribution in [0.2, 0.25) is 0 Å². The second-order valence-corrected chi connectivity index (χ2v) is 15.7. The number of aliphatic hydroxyl groups is 4. The fraction of sp³-hybridized carbons (Fsp3) is 0.886. The molecule has 4 saturated heterocycles. The molecule has 6 fully saturated rings. The van der Waals surface area contributed by atoms with Crippen LogP contribution in [0.25, 0.3) is 0 Å². The lowest BCUT2D eigenvalue weighted by atomic mass is 9.51. The molecule has 2 saturated carbocycles. The largest absolute Gasteiger partial charge is 0.462 e. The maximum atomic E-state index is 14.0. The van der Waals surface area contributed by atoms with Gasteiger partial charge >= 0.3 is 11.9 Å². The molecule has 4 N–H and O–H groups in total. The van der Waals surface area contributed by atoms with Crippen LogP contribution >= 0.6 is 0 Å². The number of allylic oxidation sites excluding steroid dienone is 1. The monoisotopic (exact) mass is 696 g/mol. The van der Waals surface area contributed by atoms with Gasteiger partial charge in [-0.25, -0.2) is 0 Å². The van der Waals surface area contributed by atoms with Gasteiger partial charge in [0.25, 0.3) is 0 Å². The maximum absolute atomic E-state index is 14.0. The molecule has 49 heavy (non-hydrogen) atoms. The molecule has 18 atom stereocenters. The van der Waals surface area contributed by atoms with Gasteiger partial charge in [0.15, 0.2) is 12.6 Å². The molecule has 0 spiro atoms. The van der Waals surface area contributed by atoms with Gasteiger partial charge in [-0.15, -0.1) is 0 Å². The smallest absolute Gasteiger partial charge is 0.313 e. The minimum absolute atomic E-state index is 0.102. The van der Waals surface area contributed by atoms with Crippen molar-refractivity contribution in [3.8, 4) is 0 Å². The average Bonchev–Trinajstić information content (AvgIpc) is 3.46. The van der Waals surface area contributed by atoms with Crippen LogP contribution in [0, 0.1) is 34.5 Å². The average molecular weight is 697 g/mol. The molecule has 0 amide bonds. The number of rotatable bonds is 7.